The van der Waals surface area contributed by atoms with E-state index in [1.54, 1.807) is 39.0 Å². The number of benzene rings is 2. The van der Waals surface area contributed by atoms with Crippen LogP contribution in [0.3, 0.4) is 0 Å². The number of aromatic nitrogens is 4. The predicted molar refractivity (Wildman–Crippen MR) is 233 cm³/mol. The van der Waals surface area contributed by atoms with Crippen LogP contribution < -0.4 is 9.80 Å². The molecular weight excluding hydrogens is 795 g/mol. The molecule has 0 radical (unpaired) electrons. The smallest absolute Gasteiger partial charge is 0.310 e. The number of ether oxygens (including phenoxy) is 3. The minimum Gasteiger partial charge on any atom is -0.481 e. The number of hydrogen-bond acceptors (Lipinski definition) is 11. The van der Waals surface area contributed by atoms with Gasteiger partial charge < -0.3 is 29.1 Å². The second-order valence-electron chi connectivity index (χ2n) is 17.6. The zero-order chi connectivity index (χ0) is 44.2. The summed E-state index contributed by atoms with van der Waals surface area (Å²) >= 11 is 0. The Hall–Kier alpha value is -5.08. The van der Waals surface area contributed by atoms with E-state index < -0.39 is 29.2 Å². The van der Waals surface area contributed by atoms with Gasteiger partial charge >= 0.3 is 11.9 Å². The van der Waals surface area contributed by atoms with E-state index in [1.807, 2.05) is 18.6 Å². The molecule has 2 saturated heterocycles. The van der Waals surface area contributed by atoms with Crippen molar-refractivity contribution < 1.29 is 37.7 Å². The van der Waals surface area contributed by atoms with Crippen molar-refractivity contribution in [1.82, 2.24) is 19.9 Å². The summed E-state index contributed by atoms with van der Waals surface area (Å²) in [6, 6.07) is 9.47. The van der Waals surface area contributed by atoms with Gasteiger partial charge in [-0.25, -0.2) is 28.7 Å². The molecule has 0 amide bonds. The van der Waals surface area contributed by atoms with Crippen LogP contribution in [0.5, 0.6) is 0 Å². The average molecular weight is 857 g/mol. The Bertz CT molecular complexity index is 2110. The predicted octanol–water partition coefficient (Wildman–Crippen LogP) is 8.22. The molecule has 0 spiro atoms. The molecule has 2 aromatic heterocycles. The number of carbonyl (C=O) groups is 2. The molecule has 4 aromatic rings. The van der Waals surface area contributed by atoms with Crippen molar-refractivity contribution in [2.45, 2.75) is 117 Å². The van der Waals surface area contributed by atoms with E-state index in [4.69, 9.17) is 39.3 Å². The number of carboxylic acid groups (broad SMARTS) is 1. The van der Waals surface area contributed by atoms with Gasteiger partial charge in [0.15, 0.2) is 0 Å². The molecule has 2 aliphatic heterocycles. The van der Waals surface area contributed by atoms with Crippen molar-refractivity contribution >= 4 is 23.8 Å². The summed E-state index contributed by atoms with van der Waals surface area (Å²) in [6.07, 6.45) is 11.6. The summed E-state index contributed by atoms with van der Waals surface area (Å²) in [7, 11) is 0. The lowest BCUT2D eigenvalue weighted by atomic mass is 9.79. The SMILES string of the molecule is CCc1cnc(N2CCC(CCOCc3ccc(CC(=O)OC(C)(C)C)c(F)c3)C(c3nc(N4CCC(CCOCc5ccc(CC(=O)O)c(F)c5)CC4)ncc3CC)C2)nc1. The van der Waals surface area contributed by atoms with Gasteiger partial charge in [0, 0.05) is 63.9 Å². The van der Waals surface area contributed by atoms with Gasteiger partial charge in [0.2, 0.25) is 11.9 Å². The summed E-state index contributed by atoms with van der Waals surface area (Å²) in [5.74, 6) is -0.194. The highest BCUT2D eigenvalue weighted by Crippen LogP contribution is 2.38. The van der Waals surface area contributed by atoms with Crippen LogP contribution in [-0.4, -0.2) is 82.0 Å². The zero-order valence-electron chi connectivity index (χ0n) is 36.9. The number of aryl methyl sites for hydroxylation is 2. The molecule has 2 aromatic carbocycles. The Balaban J connectivity index is 1.07. The van der Waals surface area contributed by atoms with Crippen LogP contribution in [0.2, 0.25) is 0 Å². The van der Waals surface area contributed by atoms with E-state index >= 15 is 4.39 Å². The van der Waals surface area contributed by atoms with E-state index in [0.29, 0.717) is 42.4 Å². The van der Waals surface area contributed by atoms with Crippen LogP contribution in [0.1, 0.15) is 112 Å². The number of hydrogen-bond donors (Lipinski definition) is 1. The molecule has 1 N–H and O–H groups in total. The van der Waals surface area contributed by atoms with Gasteiger partial charge in [0.1, 0.15) is 17.2 Å². The van der Waals surface area contributed by atoms with E-state index in [9.17, 15) is 14.0 Å². The lowest BCUT2D eigenvalue weighted by Crippen LogP contribution is -2.41. The number of carbonyl (C=O) groups excluding carboxylic acids is 1. The molecule has 0 bridgehead atoms. The number of halogens is 2. The number of rotatable bonds is 19. The van der Waals surface area contributed by atoms with Crippen molar-refractivity contribution in [3.05, 3.63) is 106 Å². The third-order valence-corrected chi connectivity index (χ3v) is 11.8. The first-order chi connectivity index (χ1) is 29.8. The fourth-order valence-electron chi connectivity index (χ4n) is 8.32. The second kappa shape index (κ2) is 21.8. The molecule has 6 rings (SSSR count). The third kappa shape index (κ3) is 13.2. The number of piperidine rings is 2. The molecule has 2 aliphatic rings. The van der Waals surface area contributed by atoms with Crippen molar-refractivity contribution in [2.75, 3.05) is 49.2 Å². The average Bonchev–Trinajstić information content (AvgIpc) is 3.25. The van der Waals surface area contributed by atoms with Gasteiger partial charge in [-0.3, -0.25) is 9.59 Å². The molecule has 12 nitrogen and oxygen atoms in total. The lowest BCUT2D eigenvalue weighted by Gasteiger charge is -2.39. The summed E-state index contributed by atoms with van der Waals surface area (Å²) in [5.41, 5.74) is 4.50. The van der Waals surface area contributed by atoms with Crippen LogP contribution in [0.4, 0.5) is 20.7 Å². The fourth-order valence-corrected chi connectivity index (χ4v) is 8.32. The molecule has 2 unspecified atom stereocenters. The number of esters is 1. The molecule has 2 fully saturated rings. The fraction of sp³-hybridized carbons (Fsp3) is 0.542. The summed E-state index contributed by atoms with van der Waals surface area (Å²) in [6.45, 7) is 14.4. The van der Waals surface area contributed by atoms with Gasteiger partial charge in [-0.2, -0.15) is 0 Å². The maximum Gasteiger partial charge on any atom is 0.310 e. The Labute approximate surface area is 364 Å². The summed E-state index contributed by atoms with van der Waals surface area (Å²) < 4.78 is 46.7. The van der Waals surface area contributed by atoms with Crippen LogP contribution in [-0.2, 0) is 62.7 Å². The number of anilines is 2. The van der Waals surface area contributed by atoms with Gasteiger partial charge in [-0.15, -0.1) is 0 Å². The van der Waals surface area contributed by atoms with E-state index in [1.165, 1.54) is 18.2 Å². The topological polar surface area (TPSA) is 140 Å². The van der Waals surface area contributed by atoms with Crippen LogP contribution in [0.15, 0.2) is 55.0 Å². The first-order valence-corrected chi connectivity index (χ1v) is 22.1. The first-order valence-electron chi connectivity index (χ1n) is 22.1. The van der Waals surface area contributed by atoms with E-state index in [-0.39, 0.29) is 43.5 Å². The van der Waals surface area contributed by atoms with Crippen molar-refractivity contribution in [3.63, 3.8) is 0 Å². The molecule has 2 atom stereocenters. The Morgan fingerprint density at radius 3 is 1.92 bits per heavy atom. The Morgan fingerprint density at radius 1 is 0.742 bits per heavy atom. The van der Waals surface area contributed by atoms with Gasteiger partial charge in [-0.05, 0) is 123 Å². The van der Waals surface area contributed by atoms with Crippen LogP contribution >= 0.6 is 0 Å². The summed E-state index contributed by atoms with van der Waals surface area (Å²) in [5, 5.41) is 8.97. The van der Waals surface area contributed by atoms with Crippen LogP contribution in [0.25, 0.3) is 0 Å². The lowest BCUT2D eigenvalue weighted by molar-refractivity contribution is -0.154. The molecular formula is C48H62F2N6O6. The normalized spacial score (nSPS) is 17.3. The highest BCUT2D eigenvalue weighted by atomic mass is 19.1. The summed E-state index contributed by atoms with van der Waals surface area (Å²) in [4.78, 5) is 47.5. The number of carboxylic acids is 1. The minimum atomic E-state index is -1.06. The second-order valence-corrected chi connectivity index (χ2v) is 17.6. The minimum absolute atomic E-state index is 0.0830. The molecule has 62 heavy (non-hydrogen) atoms. The number of nitrogens with zero attached hydrogens (tertiary/aromatic N) is 6. The molecule has 14 heteroatoms. The van der Waals surface area contributed by atoms with Crippen molar-refractivity contribution in [1.29, 1.82) is 0 Å². The third-order valence-electron chi connectivity index (χ3n) is 11.8. The molecule has 4 heterocycles. The van der Waals surface area contributed by atoms with E-state index in [0.717, 1.165) is 93.3 Å². The van der Waals surface area contributed by atoms with E-state index in [2.05, 4.69) is 23.6 Å². The molecule has 334 valence electrons. The monoisotopic (exact) mass is 856 g/mol. The molecule has 0 aliphatic carbocycles. The Morgan fingerprint density at radius 2 is 1.34 bits per heavy atom. The van der Waals surface area contributed by atoms with Gasteiger partial charge in [0.25, 0.3) is 0 Å². The Kier molecular flexibility index (Phi) is 16.3. The highest BCUT2D eigenvalue weighted by molar-refractivity contribution is 5.73. The van der Waals surface area contributed by atoms with Gasteiger partial charge in [0.05, 0.1) is 31.7 Å². The highest BCUT2D eigenvalue weighted by Gasteiger charge is 2.35. The van der Waals surface area contributed by atoms with Crippen molar-refractivity contribution in [3.8, 4) is 0 Å². The molecule has 0 saturated carbocycles. The van der Waals surface area contributed by atoms with Gasteiger partial charge in [-0.1, -0.05) is 38.1 Å². The number of aliphatic carboxylic acids is 1. The quantitative estimate of drug-likeness (QED) is 0.0718. The maximum atomic E-state index is 15.0. The van der Waals surface area contributed by atoms with Crippen LogP contribution in [0, 0.1) is 23.5 Å². The first kappa shape index (κ1) is 46.4. The van der Waals surface area contributed by atoms with Crippen molar-refractivity contribution in [2.24, 2.45) is 11.8 Å². The zero-order valence-corrected chi connectivity index (χ0v) is 36.9. The standard InChI is InChI=1S/C48H62F2N6O6/c1-6-32-26-51-46(52-27-32)56-19-14-37(16-21-61-31-35-9-11-39(42(50)23-35)25-44(59)62-48(3,4)5)40(29-56)45-36(7-2)28-53-47(54-45)55-17-12-33(13-18-55)15-20-60-30-34-8-10-38(24-43(57)58)41(49)22-34/h8-11,22-23,26-28,33,37,40H,6-7,12-21,24-25,29-31H2,1-5H3,(H,57,58). The maximum absolute atomic E-state index is 15.0. The largest absolute Gasteiger partial charge is 0.481 e.